The first-order valence-electron chi connectivity index (χ1n) is 21.1. The summed E-state index contributed by atoms with van der Waals surface area (Å²) in [6.07, 6.45) is 9.91. The third-order valence-corrected chi connectivity index (χ3v) is 11.7. The molecule has 10 nitrogen and oxygen atoms in total. The molecule has 1 fully saturated rings. The van der Waals surface area contributed by atoms with Gasteiger partial charge in [-0.25, -0.2) is 13.6 Å². The summed E-state index contributed by atoms with van der Waals surface area (Å²) in [5, 5.41) is 24.5. The molecule has 12 heteroatoms. The molecule has 0 bridgehead atoms. The van der Waals surface area contributed by atoms with E-state index in [4.69, 9.17) is 28.9 Å². The van der Waals surface area contributed by atoms with Crippen LogP contribution in [0.3, 0.4) is 0 Å². The van der Waals surface area contributed by atoms with Gasteiger partial charge in [-0.2, -0.15) is 0 Å². The lowest BCUT2D eigenvalue weighted by Crippen LogP contribution is -2.70. The van der Waals surface area contributed by atoms with Gasteiger partial charge in [-0.15, -0.1) is 13.2 Å². The van der Waals surface area contributed by atoms with Crippen LogP contribution in [0.4, 0.5) is 13.6 Å². The van der Waals surface area contributed by atoms with Crippen LogP contribution in [-0.2, 0) is 27.5 Å². The van der Waals surface area contributed by atoms with Crippen molar-refractivity contribution in [1.29, 1.82) is 0 Å². The van der Waals surface area contributed by atoms with Crippen molar-refractivity contribution in [2.75, 3.05) is 33.0 Å². The van der Waals surface area contributed by atoms with Gasteiger partial charge in [-0.05, 0) is 98.4 Å². The Morgan fingerprint density at radius 1 is 1.00 bits per heavy atom. The van der Waals surface area contributed by atoms with Gasteiger partial charge in [0.05, 0.1) is 24.8 Å². The van der Waals surface area contributed by atoms with E-state index in [9.17, 15) is 23.8 Å². The molecule has 6 rings (SSSR count). The number of benzene rings is 3. The fourth-order valence-electron chi connectivity index (χ4n) is 9.06. The first kappa shape index (κ1) is 44.5. The van der Waals surface area contributed by atoms with Gasteiger partial charge in [0.25, 0.3) is 0 Å². The molecular formula is C48H58F2N2O8. The average molecular weight is 829 g/mol. The maximum absolute atomic E-state index is 14.7. The van der Waals surface area contributed by atoms with Crippen LogP contribution in [0.2, 0.25) is 0 Å². The Hall–Kier alpha value is -5.04. The van der Waals surface area contributed by atoms with E-state index in [1.165, 1.54) is 18.2 Å². The molecule has 0 aromatic heterocycles. The van der Waals surface area contributed by atoms with Crippen LogP contribution >= 0.6 is 0 Å². The summed E-state index contributed by atoms with van der Waals surface area (Å²) in [7, 11) is 0. The van der Waals surface area contributed by atoms with Gasteiger partial charge in [-0.3, -0.25) is 4.90 Å². The van der Waals surface area contributed by atoms with Crippen molar-refractivity contribution in [1.82, 2.24) is 4.90 Å². The van der Waals surface area contributed by atoms with E-state index < -0.39 is 29.7 Å². The molecule has 3 aliphatic rings. The normalized spacial score (nSPS) is 23.4. The number of hydrogen-bond donors (Lipinski definition) is 2. The van der Waals surface area contributed by atoms with Crippen LogP contribution in [0, 0.1) is 29.4 Å². The van der Waals surface area contributed by atoms with E-state index >= 15 is 0 Å². The smallest absolute Gasteiger partial charge is 0.410 e. The molecule has 6 atom stereocenters. The third kappa shape index (κ3) is 10.1. The number of allylic oxidation sites excluding steroid dienone is 1. The summed E-state index contributed by atoms with van der Waals surface area (Å²) in [4.78, 5) is 21.9. The number of amides is 1. The largest absolute Gasteiger partial charge is 0.489 e. The number of carbonyl (C=O) groups is 1. The lowest BCUT2D eigenvalue weighted by Gasteiger charge is -2.59. The Bertz CT molecular complexity index is 1970. The second-order valence-electron chi connectivity index (χ2n) is 15.5. The molecule has 0 spiro atoms. The highest BCUT2D eigenvalue weighted by Crippen LogP contribution is 2.62. The Morgan fingerprint density at radius 2 is 1.77 bits per heavy atom. The molecule has 1 saturated carbocycles. The van der Waals surface area contributed by atoms with Gasteiger partial charge in [0.15, 0.2) is 0 Å². The Morgan fingerprint density at radius 3 is 2.48 bits per heavy atom. The molecule has 2 N–H and O–H groups in total. The fraction of sp³-hybridized carbons (Fsp3) is 0.458. The van der Waals surface area contributed by atoms with Gasteiger partial charge >= 0.3 is 6.09 Å². The van der Waals surface area contributed by atoms with Crippen LogP contribution < -0.4 is 9.47 Å². The second kappa shape index (κ2) is 21.5. The molecule has 1 heterocycles. The Balaban J connectivity index is 1.57. The standard InChI is InChI=1S/C48H58F2N2O8/c1-4-7-27-56-47(55)52(31-33-18-20-36(49)21-19-33)44-30-42(51-59-6-3)39-28-34(14-10-12-24-53)38(16-11-13-25-54)45-40-29-37(57-32-35-15-8-9-17-41(35)50)22-23-43(40)60-48(44,46(39)45)58-26-5-2/h4-5,8-9,15,17-23,28-29,34,38,44-46,53-54H,1-2,6-7,10-14,16,24-27,30-32H2,3H3. The molecule has 322 valence electrons. The summed E-state index contributed by atoms with van der Waals surface area (Å²) < 4.78 is 55.4. The molecule has 6 unspecified atom stereocenters. The molecule has 3 aromatic carbocycles. The number of halogens is 2. The van der Waals surface area contributed by atoms with E-state index in [1.54, 1.807) is 53.5 Å². The van der Waals surface area contributed by atoms with Crippen molar-refractivity contribution in [3.63, 3.8) is 0 Å². The van der Waals surface area contributed by atoms with Gasteiger partial charge in [0, 0.05) is 43.2 Å². The summed E-state index contributed by atoms with van der Waals surface area (Å²) >= 11 is 0. The topological polar surface area (TPSA) is 119 Å². The van der Waals surface area contributed by atoms with Crippen LogP contribution in [0.25, 0.3) is 0 Å². The van der Waals surface area contributed by atoms with E-state index in [2.05, 4.69) is 19.2 Å². The van der Waals surface area contributed by atoms with Gasteiger partial charge in [0.1, 0.15) is 42.4 Å². The maximum atomic E-state index is 14.7. The van der Waals surface area contributed by atoms with Gasteiger partial charge in [0.2, 0.25) is 5.79 Å². The van der Waals surface area contributed by atoms with Crippen LogP contribution in [-0.4, -0.2) is 71.8 Å². The quantitative estimate of drug-likeness (QED) is 0.0585. The first-order chi connectivity index (χ1) is 29.3. The highest BCUT2D eigenvalue weighted by molar-refractivity contribution is 6.03. The number of hydrogen-bond acceptors (Lipinski definition) is 9. The number of ether oxygens (including phenoxy) is 4. The monoisotopic (exact) mass is 828 g/mol. The lowest BCUT2D eigenvalue weighted by atomic mass is 9.55. The SMILES string of the molecule is C=CCCOC(=O)N(Cc1ccc(F)cc1)C1CC(=NOCC)C2=CC(CCCCO)C(CCCCO)C3c4cc(OCc5ccccc5F)ccc4OC1(OCC=C)C23. The maximum Gasteiger partial charge on any atom is 0.410 e. The highest BCUT2D eigenvalue weighted by Gasteiger charge is 2.65. The van der Waals surface area contributed by atoms with Crippen LogP contribution in [0.15, 0.2) is 109 Å². The van der Waals surface area contributed by atoms with E-state index in [1.807, 2.05) is 19.1 Å². The number of aliphatic hydroxyl groups excluding tert-OH is 2. The molecule has 0 radical (unpaired) electrons. The average Bonchev–Trinajstić information content (AvgIpc) is 3.25. The van der Waals surface area contributed by atoms with Crippen molar-refractivity contribution in [2.24, 2.45) is 22.9 Å². The number of fused-ring (bicyclic) bond motifs is 2. The number of nitrogens with zero attached hydrogens (tertiary/aromatic N) is 2. The zero-order chi connectivity index (χ0) is 42.5. The summed E-state index contributed by atoms with van der Waals surface area (Å²) in [6.45, 7) is 10.3. The Kier molecular flexibility index (Phi) is 15.9. The van der Waals surface area contributed by atoms with Crippen molar-refractivity contribution >= 4 is 11.8 Å². The lowest BCUT2D eigenvalue weighted by molar-refractivity contribution is -0.256. The molecular weight excluding hydrogens is 771 g/mol. The minimum atomic E-state index is -1.53. The van der Waals surface area contributed by atoms with E-state index in [0.717, 1.165) is 36.8 Å². The number of oxime groups is 1. The van der Waals surface area contributed by atoms with Crippen molar-refractivity contribution in [3.05, 3.63) is 132 Å². The summed E-state index contributed by atoms with van der Waals surface area (Å²) in [5.41, 5.74) is 3.47. The van der Waals surface area contributed by atoms with Crippen molar-refractivity contribution in [2.45, 2.75) is 89.2 Å². The van der Waals surface area contributed by atoms with Crippen LogP contribution in [0.5, 0.6) is 11.5 Å². The molecule has 60 heavy (non-hydrogen) atoms. The number of carbonyl (C=O) groups excluding carboxylic acids is 1. The third-order valence-electron chi connectivity index (χ3n) is 11.7. The van der Waals surface area contributed by atoms with E-state index in [-0.39, 0.29) is 69.6 Å². The van der Waals surface area contributed by atoms with E-state index in [0.29, 0.717) is 54.2 Å². The Labute approximate surface area is 352 Å². The zero-order valence-electron chi connectivity index (χ0n) is 34.5. The first-order valence-corrected chi connectivity index (χ1v) is 21.1. The highest BCUT2D eigenvalue weighted by atomic mass is 19.1. The number of unbranched alkanes of at least 4 members (excludes halogenated alkanes) is 2. The van der Waals surface area contributed by atoms with Gasteiger partial charge < -0.3 is 34.0 Å². The van der Waals surface area contributed by atoms with Crippen molar-refractivity contribution in [3.8, 4) is 11.5 Å². The summed E-state index contributed by atoms with van der Waals surface area (Å²) in [5.74, 6) is -2.07. The molecule has 1 aliphatic heterocycles. The molecule has 2 aliphatic carbocycles. The number of aliphatic hydroxyl groups is 2. The fourth-order valence-corrected chi connectivity index (χ4v) is 9.06. The summed E-state index contributed by atoms with van der Waals surface area (Å²) in [6, 6.07) is 17.2. The number of rotatable bonds is 22. The predicted octanol–water partition coefficient (Wildman–Crippen LogP) is 9.41. The van der Waals surface area contributed by atoms with Crippen LogP contribution in [0.1, 0.15) is 80.9 Å². The van der Waals surface area contributed by atoms with Crippen molar-refractivity contribution < 1.29 is 47.6 Å². The second-order valence-corrected chi connectivity index (χ2v) is 15.5. The zero-order valence-corrected chi connectivity index (χ0v) is 34.5. The molecule has 3 aromatic rings. The molecule has 1 amide bonds. The minimum absolute atomic E-state index is 0.0151. The van der Waals surface area contributed by atoms with Gasteiger partial charge in [-0.1, -0.05) is 66.6 Å². The predicted molar refractivity (Wildman–Crippen MR) is 225 cm³/mol. The molecule has 0 saturated heterocycles. The minimum Gasteiger partial charge on any atom is -0.489 e.